The highest BCUT2D eigenvalue weighted by atomic mass is 19.1. The van der Waals surface area contributed by atoms with E-state index in [1.165, 1.54) is 25.1 Å². The fourth-order valence-electron chi connectivity index (χ4n) is 1.41. The minimum absolute atomic E-state index is 0.0477. The van der Waals surface area contributed by atoms with Gasteiger partial charge >= 0.3 is 5.97 Å². The van der Waals surface area contributed by atoms with Gasteiger partial charge in [0.2, 0.25) is 0 Å². The minimum atomic E-state index is -1.12. The van der Waals surface area contributed by atoms with Crippen LogP contribution in [0.15, 0.2) is 24.3 Å². The normalized spacial score (nSPS) is 13.4. The number of carboxylic acids is 1. The monoisotopic (exact) mass is 269 g/mol. The first-order chi connectivity index (χ1) is 8.95. The molecule has 0 aromatic heterocycles. The van der Waals surface area contributed by atoms with Crippen molar-refractivity contribution in [3.8, 4) is 5.75 Å². The molecule has 0 saturated carbocycles. The van der Waals surface area contributed by atoms with E-state index in [9.17, 15) is 14.0 Å². The maximum Gasteiger partial charge on any atom is 0.326 e. The summed E-state index contributed by atoms with van der Waals surface area (Å²) in [7, 11) is 0. The molecule has 19 heavy (non-hydrogen) atoms. The molecule has 0 spiro atoms. The van der Waals surface area contributed by atoms with Crippen LogP contribution in [0.3, 0.4) is 0 Å². The second kappa shape index (κ2) is 6.72. The summed E-state index contributed by atoms with van der Waals surface area (Å²) in [5.74, 6) is -2.34. The van der Waals surface area contributed by atoms with E-state index >= 15 is 0 Å². The number of rotatable bonds is 6. The summed E-state index contributed by atoms with van der Waals surface area (Å²) in [5, 5.41) is 11.1. The Morgan fingerprint density at radius 3 is 2.58 bits per heavy atom. The van der Waals surface area contributed by atoms with Crippen LogP contribution in [0.4, 0.5) is 4.39 Å². The smallest absolute Gasteiger partial charge is 0.326 e. The second-order valence-corrected chi connectivity index (χ2v) is 4.00. The number of ether oxygens (including phenoxy) is 1. The van der Waals surface area contributed by atoms with Gasteiger partial charge in [0.1, 0.15) is 6.04 Å². The number of para-hydroxylation sites is 1. The highest BCUT2D eigenvalue weighted by Gasteiger charge is 2.22. The summed E-state index contributed by atoms with van der Waals surface area (Å²) in [5.41, 5.74) is 0. The molecule has 0 heterocycles. The molecule has 104 valence electrons. The Balaban J connectivity index is 2.63. The average Bonchev–Trinajstić information content (AvgIpc) is 2.37. The number of amides is 1. The van der Waals surface area contributed by atoms with Crippen LogP contribution in [0.5, 0.6) is 5.75 Å². The third-order valence-electron chi connectivity index (χ3n) is 2.53. The van der Waals surface area contributed by atoms with Crippen LogP contribution in [0.2, 0.25) is 0 Å². The molecular formula is C13H16FNO4. The van der Waals surface area contributed by atoms with Crippen molar-refractivity contribution in [2.45, 2.75) is 32.4 Å². The molecule has 0 saturated heterocycles. The number of hydrogen-bond acceptors (Lipinski definition) is 3. The van der Waals surface area contributed by atoms with E-state index in [1.54, 1.807) is 13.0 Å². The third kappa shape index (κ3) is 4.24. The summed E-state index contributed by atoms with van der Waals surface area (Å²) in [6.07, 6.45) is -0.724. The number of hydrogen-bond donors (Lipinski definition) is 2. The lowest BCUT2D eigenvalue weighted by Gasteiger charge is -2.18. The number of carbonyl (C=O) groups excluding carboxylic acids is 1. The van der Waals surface area contributed by atoms with Gasteiger partial charge in [0.05, 0.1) is 0 Å². The second-order valence-electron chi connectivity index (χ2n) is 4.00. The zero-order valence-corrected chi connectivity index (χ0v) is 10.7. The molecule has 6 heteroatoms. The van der Waals surface area contributed by atoms with Gasteiger partial charge in [-0.15, -0.1) is 0 Å². The van der Waals surface area contributed by atoms with Crippen molar-refractivity contribution in [2.24, 2.45) is 0 Å². The summed E-state index contributed by atoms with van der Waals surface area (Å²) < 4.78 is 18.5. The van der Waals surface area contributed by atoms with Crippen LogP contribution in [0.1, 0.15) is 20.3 Å². The highest BCUT2D eigenvalue weighted by molar-refractivity contribution is 5.86. The van der Waals surface area contributed by atoms with E-state index in [1.807, 2.05) is 0 Å². The number of nitrogens with one attached hydrogen (secondary N) is 1. The lowest BCUT2D eigenvalue weighted by molar-refractivity contribution is -0.143. The molecule has 0 bridgehead atoms. The molecule has 0 fully saturated rings. The first-order valence-corrected chi connectivity index (χ1v) is 5.90. The molecule has 0 aliphatic carbocycles. The maximum absolute atomic E-state index is 13.3. The molecule has 2 unspecified atom stereocenters. The van der Waals surface area contributed by atoms with Gasteiger partial charge < -0.3 is 15.2 Å². The molecule has 1 aromatic carbocycles. The zero-order valence-electron chi connectivity index (χ0n) is 10.7. The zero-order chi connectivity index (χ0) is 14.4. The van der Waals surface area contributed by atoms with Crippen LogP contribution in [-0.4, -0.2) is 29.1 Å². The minimum Gasteiger partial charge on any atom is -0.480 e. The molecule has 0 radical (unpaired) electrons. The molecule has 2 atom stereocenters. The Bertz CT molecular complexity index is 464. The van der Waals surface area contributed by atoms with Gasteiger partial charge in [0.25, 0.3) is 5.91 Å². The largest absolute Gasteiger partial charge is 0.480 e. The van der Waals surface area contributed by atoms with Gasteiger partial charge in [0, 0.05) is 0 Å². The summed E-state index contributed by atoms with van der Waals surface area (Å²) in [6.45, 7) is 3.07. The molecule has 1 aromatic rings. The first kappa shape index (κ1) is 14.9. The summed E-state index contributed by atoms with van der Waals surface area (Å²) in [6, 6.07) is 4.72. The SMILES string of the molecule is CCC(NC(=O)C(C)Oc1ccccc1F)C(=O)O. The number of carboxylic acid groups (broad SMARTS) is 1. The van der Waals surface area contributed by atoms with Crippen molar-refractivity contribution in [3.05, 3.63) is 30.1 Å². The van der Waals surface area contributed by atoms with Crippen molar-refractivity contribution in [1.82, 2.24) is 5.32 Å². The van der Waals surface area contributed by atoms with Crippen LogP contribution < -0.4 is 10.1 Å². The lowest BCUT2D eigenvalue weighted by atomic mass is 10.2. The molecule has 1 rings (SSSR count). The van der Waals surface area contributed by atoms with Gasteiger partial charge in [-0.05, 0) is 25.5 Å². The van der Waals surface area contributed by atoms with Crippen LogP contribution in [0.25, 0.3) is 0 Å². The number of carbonyl (C=O) groups is 2. The van der Waals surface area contributed by atoms with Crippen molar-refractivity contribution in [1.29, 1.82) is 0 Å². The van der Waals surface area contributed by atoms with E-state index in [-0.39, 0.29) is 12.2 Å². The van der Waals surface area contributed by atoms with Gasteiger partial charge in [-0.3, -0.25) is 4.79 Å². The maximum atomic E-state index is 13.3. The highest BCUT2D eigenvalue weighted by Crippen LogP contribution is 2.17. The van der Waals surface area contributed by atoms with Crippen molar-refractivity contribution < 1.29 is 23.8 Å². The standard InChI is InChI=1S/C13H16FNO4/c1-3-10(13(17)18)15-12(16)8(2)19-11-7-5-4-6-9(11)14/h4-8,10H,3H2,1-2H3,(H,15,16)(H,17,18). The molecule has 5 nitrogen and oxygen atoms in total. The Labute approximate surface area is 110 Å². The number of aliphatic carboxylic acids is 1. The van der Waals surface area contributed by atoms with Gasteiger partial charge in [-0.25, -0.2) is 9.18 Å². The number of halogens is 1. The van der Waals surface area contributed by atoms with Crippen LogP contribution in [-0.2, 0) is 9.59 Å². The molecular weight excluding hydrogens is 253 g/mol. The molecule has 1 amide bonds. The van der Waals surface area contributed by atoms with E-state index in [0.717, 1.165) is 0 Å². The Kier molecular flexibility index (Phi) is 5.29. The van der Waals surface area contributed by atoms with Crippen LogP contribution in [0, 0.1) is 5.82 Å². The predicted molar refractivity (Wildman–Crippen MR) is 66.3 cm³/mol. The Hall–Kier alpha value is -2.11. The van der Waals surface area contributed by atoms with Gasteiger partial charge in [-0.2, -0.15) is 0 Å². The van der Waals surface area contributed by atoms with Gasteiger partial charge in [0.15, 0.2) is 17.7 Å². The summed E-state index contributed by atoms with van der Waals surface area (Å²) in [4.78, 5) is 22.5. The Morgan fingerprint density at radius 1 is 1.42 bits per heavy atom. The van der Waals surface area contributed by atoms with Crippen LogP contribution >= 0.6 is 0 Å². The fourth-order valence-corrected chi connectivity index (χ4v) is 1.41. The first-order valence-electron chi connectivity index (χ1n) is 5.90. The summed E-state index contributed by atoms with van der Waals surface area (Å²) >= 11 is 0. The molecule has 0 aliphatic rings. The van der Waals surface area contributed by atoms with Gasteiger partial charge in [-0.1, -0.05) is 19.1 Å². The Morgan fingerprint density at radius 2 is 2.05 bits per heavy atom. The predicted octanol–water partition coefficient (Wildman–Crippen LogP) is 1.57. The number of benzene rings is 1. The van der Waals surface area contributed by atoms with E-state index in [0.29, 0.717) is 0 Å². The van der Waals surface area contributed by atoms with E-state index < -0.39 is 29.8 Å². The van der Waals surface area contributed by atoms with E-state index in [2.05, 4.69) is 5.32 Å². The topological polar surface area (TPSA) is 75.6 Å². The molecule has 2 N–H and O–H groups in total. The van der Waals surface area contributed by atoms with Crippen molar-refractivity contribution >= 4 is 11.9 Å². The fraction of sp³-hybridized carbons (Fsp3) is 0.385. The van der Waals surface area contributed by atoms with Crippen molar-refractivity contribution in [3.63, 3.8) is 0 Å². The van der Waals surface area contributed by atoms with Crippen molar-refractivity contribution in [2.75, 3.05) is 0 Å². The average molecular weight is 269 g/mol. The quantitative estimate of drug-likeness (QED) is 0.822. The molecule has 0 aliphatic heterocycles. The lowest BCUT2D eigenvalue weighted by Crippen LogP contribution is -2.46. The van der Waals surface area contributed by atoms with E-state index in [4.69, 9.17) is 9.84 Å². The third-order valence-corrected chi connectivity index (χ3v) is 2.53.